The summed E-state index contributed by atoms with van der Waals surface area (Å²) in [4.78, 5) is 6.88. The molecule has 0 atom stereocenters. The Kier molecular flexibility index (Phi) is 5.23. The molecule has 7 heteroatoms. The van der Waals surface area contributed by atoms with Gasteiger partial charge in [0.1, 0.15) is 0 Å². The average molecular weight is 435 g/mol. The maximum Gasteiger partial charge on any atom is 0.229 e. The molecule has 0 saturated heterocycles. The molecule has 0 spiro atoms. The normalized spacial score (nSPS) is 11.6. The van der Waals surface area contributed by atoms with Crippen molar-refractivity contribution in [2.45, 2.75) is 13.8 Å². The highest BCUT2D eigenvalue weighted by Crippen LogP contribution is 2.38. The average Bonchev–Trinajstić information content (AvgIpc) is 2.68. The van der Waals surface area contributed by atoms with E-state index in [1.54, 1.807) is 6.07 Å². The lowest BCUT2D eigenvalue weighted by Gasteiger charge is -2.22. The van der Waals surface area contributed by atoms with Gasteiger partial charge in [-0.3, -0.25) is 4.72 Å². The molecule has 3 aromatic carbocycles. The molecule has 0 radical (unpaired) electrons. The number of rotatable bonds is 5. The fraction of sp³-hybridized carbons (Fsp3) is 0.208. The predicted octanol–water partition coefficient (Wildman–Crippen LogP) is 5.19. The van der Waals surface area contributed by atoms with E-state index in [9.17, 15) is 8.42 Å². The van der Waals surface area contributed by atoms with E-state index in [1.165, 1.54) is 0 Å². The van der Waals surface area contributed by atoms with Gasteiger partial charge >= 0.3 is 0 Å². The van der Waals surface area contributed by atoms with Gasteiger partial charge in [-0.25, -0.2) is 13.4 Å². The van der Waals surface area contributed by atoms with Crippen molar-refractivity contribution >= 4 is 54.6 Å². The fourth-order valence-electron chi connectivity index (χ4n) is 3.77. The minimum Gasteiger partial charge on any atom is -0.376 e. The summed E-state index contributed by atoms with van der Waals surface area (Å²) in [5.74, 6) is 0. The fourth-order valence-corrected chi connectivity index (χ4v) is 4.33. The van der Waals surface area contributed by atoms with E-state index < -0.39 is 10.0 Å². The molecular formula is C24H26N4O2S. The Labute approximate surface area is 183 Å². The van der Waals surface area contributed by atoms with Crippen LogP contribution < -0.4 is 14.9 Å². The molecule has 0 unspecified atom stereocenters. The van der Waals surface area contributed by atoms with E-state index in [0.717, 1.165) is 56.3 Å². The van der Waals surface area contributed by atoms with Crippen molar-refractivity contribution in [1.82, 2.24) is 4.98 Å². The number of para-hydroxylation sites is 1. The zero-order chi connectivity index (χ0) is 22.3. The topological polar surface area (TPSA) is 74.3 Å². The van der Waals surface area contributed by atoms with Crippen LogP contribution in [-0.4, -0.2) is 33.8 Å². The SMILES string of the molecule is Cc1ccc2c(Nc3ccc(NS(C)(=O)=O)cc3N(C)C)c3cccc(C)c3nc2c1. The number of benzene rings is 3. The van der Waals surface area contributed by atoms with Gasteiger partial charge in [0, 0.05) is 24.9 Å². The molecule has 0 aliphatic carbocycles. The quantitative estimate of drug-likeness (QED) is 0.423. The number of hydrogen-bond acceptors (Lipinski definition) is 5. The van der Waals surface area contributed by atoms with Crippen molar-refractivity contribution < 1.29 is 8.42 Å². The third-order valence-corrected chi connectivity index (χ3v) is 5.81. The van der Waals surface area contributed by atoms with Crippen molar-refractivity contribution in [2.24, 2.45) is 0 Å². The van der Waals surface area contributed by atoms with E-state index in [1.807, 2.05) is 37.2 Å². The molecule has 6 nitrogen and oxygen atoms in total. The number of aromatic nitrogens is 1. The summed E-state index contributed by atoms with van der Waals surface area (Å²) in [5, 5.41) is 5.69. The summed E-state index contributed by atoms with van der Waals surface area (Å²) in [6, 6.07) is 17.9. The number of nitrogens with zero attached hydrogens (tertiary/aromatic N) is 2. The molecule has 0 saturated carbocycles. The van der Waals surface area contributed by atoms with Crippen LogP contribution in [0, 0.1) is 13.8 Å². The second-order valence-corrected chi connectivity index (χ2v) is 9.85. The van der Waals surface area contributed by atoms with Gasteiger partial charge in [0.25, 0.3) is 0 Å². The Morgan fingerprint density at radius 3 is 2.42 bits per heavy atom. The number of anilines is 4. The number of nitrogens with one attached hydrogen (secondary N) is 2. The van der Waals surface area contributed by atoms with Crippen LogP contribution in [0.4, 0.5) is 22.7 Å². The van der Waals surface area contributed by atoms with Crippen LogP contribution in [0.25, 0.3) is 21.8 Å². The molecule has 2 N–H and O–H groups in total. The highest BCUT2D eigenvalue weighted by Gasteiger charge is 2.14. The summed E-state index contributed by atoms with van der Waals surface area (Å²) in [6.45, 7) is 4.13. The van der Waals surface area contributed by atoms with Crippen molar-refractivity contribution in [3.63, 3.8) is 0 Å². The van der Waals surface area contributed by atoms with E-state index in [-0.39, 0.29) is 0 Å². The Hall–Kier alpha value is -3.32. The van der Waals surface area contributed by atoms with Gasteiger partial charge in [-0.05, 0) is 49.2 Å². The molecule has 0 bridgehead atoms. The van der Waals surface area contributed by atoms with Crippen molar-refractivity contribution in [3.8, 4) is 0 Å². The molecule has 1 aromatic heterocycles. The first-order valence-electron chi connectivity index (χ1n) is 9.98. The van der Waals surface area contributed by atoms with Gasteiger partial charge in [-0.15, -0.1) is 0 Å². The predicted molar refractivity (Wildman–Crippen MR) is 131 cm³/mol. The second kappa shape index (κ2) is 7.74. The Morgan fingerprint density at radius 2 is 1.71 bits per heavy atom. The lowest BCUT2D eigenvalue weighted by molar-refractivity contribution is 0.607. The number of aryl methyl sites for hydroxylation is 2. The van der Waals surface area contributed by atoms with Crippen LogP contribution in [0.15, 0.2) is 54.6 Å². The summed E-state index contributed by atoms with van der Waals surface area (Å²) >= 11 is 0. The molecule has 1 heterocycles. The molecule has 0 amide bonds. The van der Waals surface area contributed by atoms with Crippen molar-refractivity contribution in [2.75, 3.05) is 35.3 Å². The van der Waals surface area contributed by atoms with Crippen LogP contribution in [0.5, 0.6) is 0 Å². The lowest BCUT2D eigenvalue weighted by Crippen LogP contribution is -2.14. The first-order chi connectivity index (χ1) is 14.6. The maximum absolute atomic E-state index is 11.7. The largest absolute Gasteiger partial charge is 0.376 e. The highest BCUT2D eigenvalue weighted by atomic mass is 32.2. The Balaban J connectivity index is 1.92. The third-order valence-electron chi connectivity index (χ3n) is 5.20. The van der Waals surface area contributed by atoms with Crippen molar-refractivity contribution in [3.05, 3.63) is 65.7 Å². The second-order valence-electron chi connectivity index (χ2n) is 8.10. The van der Waals surface area contributed by atoms with Gasteiger partial charge in [-0.2, -0.15) is 0 Å². The molecule has 0 fully saturated rings. The molecule has 160 valence electrons. The molecule has 4 rings (SSSR count). The standard InChI is InChI=1S/C24H26N4O2S/c1-15-9-11-18-21(13-15)26-23-16(2)7-6-8-19(23)24(18)25-20-12-10-17(27-31(5,29)30)14-22(20)28(3)4/h6-14,27H,1-5H3,(H,25,26). The first kappa shape index (κ1) is 20.9. The van der Waals surface area contributed by atoms with Gasteiger partial charge in [-0.1, -0.05) is 30.3 Å². The summed E-state index contributed by atoms with van der Waals surface area (Å²) in [5.41, 5.74) is 7.42. The van der Waals surface area contributed by atoms with Crippen LogP contribution in [-0.2, 0) is 10.0 Å². The minimum absolute atomic E-state index is 0.521. The van der Waals surface area contributed by atoms with E-state index in [4.69, 9.17) is 4.98 Å². The van der Waals surface area contributed by atoms with E-state index in [0.29, 0.717) is 5.69 Å². The maximum atomic E-state index is 11.7. The number of hydrogen-bond donors (Lipinski definition) is 2. The summed E-state index contributed by atoms with van der Waals surface area (Å²) in [6.07, 6.45) is 1.15. The van der Waals surface area contributed by atoms with Gasteiger partial charge in [0.15, 0.2) is 0 Å². The molecule has 0 aliphatic rings. The van der Waals surface area contributed by atoms with Gasteiger partial charge in [0.05, 0.1) is 40.0 Å². The number of pyridine rings is 1. The van der Waals surface area contributed by atoms with E-state index in [2.05, 4.69) is 54.2 Å². The van der Waals surface area contributed by atoms with Crippen LogP contribution >= 0.6 is 0 Å². The molecular weight excluding hydrogens is 408 g/mol. The lowest BCUT2D eigenvalue weighted by atomic mass is 10.0. The van der Waals surface area contributed by atoms with E-state index >= 15 is 0 Å². The zero-order valence-electron chi connectivity index (χ0n) is 18.3. The van der Waals surface area contributed by atoms with Crippen LogP contribution in [0.3, 0.4) is 0 Å². The van der Waals surface area contributed by atoms with Crippen LogP contribution in [0.2, 0.25) is 0 Å². The Bertz CT molecular complexity index is 1410. The molecule has 0 aliphatic heterocycles. The number of sulfonamides is 1. The highest BCUT2D eigenvalue weighted by molar-refractivity contribution is 7.92. The Morgan fingerprint density at radius 1 is 0.935 bits per heavy atom. The molecule has 31 heavy (non-hydrogen) atoms. The molecule has 4 aromatic rings. The smallest absolute Gasteiger partial charge is 0.229 e. The minimum atomic E-state index is -3.36. The van der Waals surface area contributed by atoms with Crippen molar-refractivity contribution in [1.29, 1.82) is 0 Å². The third kappa shape index (κ3) is 4.27. The summed E-state index contributed by atoms with van der Waals surface area (Å²) < 4.78 is 25.9. The van der Waals surface area contributed by atoms with Gasteiger partial charge in [0.2, 0.25) is 10.0 Å². The monoisotopic (exact) mass is 434 g/mol. The number of fused-ring (bicyclic) bond motifs is 2. The zero-order valence-corrected chi connectivity index (χ0v) is 19.1. The van der Waals surface area contributed by atoms with Crippen LogP contribution in [0.1, 0.15) is 11.1 Å². The summed E-state index contributed by atoms with van der Waals surface area (Å²) in [7, 11) is 0.508. The van der Waals surface area contributed by atoms with Gasteiger partial charge < -0.3 is 10.2 Å². The first-order valence-corrected chi connectivity index (χ1v) is 11.9.